The Labute approximate surface area is 115 Å². The van der Waals surface area contributed by atoms with Gasteiger partial charge in [-0.25, -0.2) is 9.78 Å². The van der Waals surface area contributed by atoms with Gasteiger partial charge in [0.05, 0.1) is 24.7 Å². The number of esters is 1. The standard InChI is InChI=1S/C12H14N4O2S/c1-3-18-12(17)9-6-15-16(2)10(9)8-19-11-7-13-4-5-14-11/h4-7H,3,8H2,1-2H3. The molecule has 2 aromatic rings. The van der Waals surface area contributed by atoms with Crippen molar-refractivity contribution < 1.29 is 9.53 Å². The fraction of sp³-hybridized carbons (Fsp3) is 0.333. The van der Waals surface area contributed by atoms with Crippen molar-refractivity contribution >= 4 is 17.7 Å². The highest BCUT2D eigenvalue weighted by Crippen LogP contribution is 2.22. The number of hydrogen-bond acceptors (Lipinski definition) is 6. The molecule has 0 fully saturated rings. The Morgan fingerprint density at radius 1 is 1.42 bits per heavy atom. The van der Waals surface area contributed by atoms with Crippen molar-refractivity contribution in [2.24, 2.45) is 7.05 Å². The van der Waals surface area contributed by atoms with Crippen LogP contribution in [0.1, 0.15) is 23.0 Å². The number of aromatic nitrogens is 4. The van der Waals surface area contributed by atoms with Crippen LogP contribution >= 0.6 is 11.8 Å². The second-order valence-corrected chi connectivity index (χ2v) is 4.68. The van der Waals surface area contributed by atoms with Gasteiger partial charge in [-0.2, -0.15) is 5.10 Å². The number of hydrogen-bond donors (Lipinski definition) is 0. The average Bonchev–Trinajstić information content (AvgIpc) is 2.79. The monoisotopic (exact) mass is 278 g/mol. The van der Waals surface area contributed by atoms with Gasteiger partial charge in [-0.1, -0.05) is 11.8 Å². The van der Waals surface area contributed by atoms with Gasteiger partial charge in [0.1, 0.15) is 10.6 Å². The van der Waals surface area contributed by atoms with Gasteiger partial charge in [-0.15, -0.1) is 0 Å². The molecule has 0 aliphatic heterocycles. The van der Waals surface area contributed by atoms with Crippen LogP contribution in [-0.2, 0) is 17.5 Å². The molecule has 19 heavy (non-hydrogen) atoms. The number of carbonyl (C=O) groups is 1. The first-order valence-electron chi connectivity index (χ1n) is 5.79. The predicted octanol–water partition coefficient (Wildman–Crippen LogP) is 1.68. The molecule has 0 saturated carbocycles. The number of thioether (sulfide) groups is 1. The molecular formula is C12H14N4O2S. The molecule has 2 aromatic heterocycles. The molecule has 0 bridgehead atoms. The normalized spacial score (nSPS) is 10.4. The van der Waals surface area contributed by atoms with Gasteiger partial charge < -0.3 is 4.74 Å². The fourth-order valence-electron chi connectivity index (χ4n) is 1.52. The van der Waals surface area contributed by atoms with Gasteiger partial charge in [0.15, 0.2) is 0 Å². The molecule has 0 unspecified atom stereocenters. The van der Waals surface area contributed by atoms with E-state index in [0.717, 1.165) is 10.7 Å². The van der Waals surface area contributed by atoms with E-state index in [1.165, 1.54) is 18.0 Å². The van der Waals surface area contributed by atoms with Crippen LogP contribution in [-0.4, -0.2) is 32.3 Å². The van der Waals surface area contributed by atoms with E-state index in [1.807, 2.05) is 0 Å². The average molecular weight is 278 g/mol. The highest BCUT2D eigenvalue weighted by molar-refractivity contribution is 7.98. The molecule has 6 nitrogen and oxygen atoms in total. The van der Waals surface area contributed by atoms with Gasteiger partial charge >= 0.3 is 5.97 Å². The largest absolute Gasteiger partial charge is 0.462 e. The van der Waals surface area contributed by atoms with Crippen molar-refractivity contribution in [3.8, 4) is 0 Å². The fourth-order valence-corrected chi connectivity index (χ4v) is 2.41. The van der Waals surface area contributed by atoms with Crippen molar-refractivity contribution in [2.45, 2.75) is 17.7 Å². The lowest BCUT2D eigenvalue weighted by molar-refractivity contribution is 0.0525. The van der Waals surface area contributed by atoms with Gasteiger partial charge in [0.2, 0.25) is 0 Å². The van der Waals surface area contributed by atoms with Crippen molar-refractivity contribution in [1.82, 2.24) is 19.7 Å². The summed E-state index contributed by atoms with van der Waals surface area (Å²) in [6.45, 7) is 2.13. The summed E-state index contributed by atoms with van der Waals surface area (Å²) in [6, 6.07) is 0. The summed E-state index contributed by atoms with van der Waals surface area (Å²) < 4.78 is 6.68. The summed E-state index contributed by atoms with van der Waals surface area (Å²) in [4.78, 5) is 19.9. The molecular weight excluding hydrogens is 264 g/mol. The smallest absolute Gasteiger partial charge is 0.341 e. The van der Waals surface area contributed by atoms with Crippen LogP contribution in [0.3, 0.4) is 0 Å². The summed E-state index contributed by atoms with van der Waals surface area (Å²) in [5.74, 6) is 0.244. The number of aryl methyl sites for hydroxylation is 1. The van der Waals surface area contributed by atoms with Crippen LogP contribution in [0.2, 0.25) is 0 Å². The molecule has 0 saturated heterocycles. The van der Waals surface area contributed by atoms with Crippen LogP contribution in [0.5, 0.6) is 0 Å². The van der Waals surface area contributed by atoms with E-state index in [0.29, 0.717) is 17.9 Å². The molecule has 0 spiro atoms. The molecule has 2 rings (SSSR count). The minimum atomic E-state index is -0.342. The van der Waals surface area contributed by atoms with E-state index in [2.05, 4.69) is 15.1 Å². The quantitative estimate of drug-likeness (QED) is 0.612. The molecule has 7 heteroatoms. The molecule has 2 heterocycles. The first-order valence-corrected chi connectivity index (χ1v) is 6.77. The zero-order valence-corrected chi connectivity index (χ0v) is 11.6. The molecule has 0 aliphatic carbocycles. The highest BCUT2D eigenvalue weighted by Gasteiger charge is 2.17. The Hall–Kier alpha value is -1.89. The minimum absolute atomic E-state index is 0.342. The molecule has 0 aliphatic rings. The van der Waals surface area contributed by atoms with Crippen molar-refractivity contribution in [3.63, 3.8) is 0 Å². The van der Waals surface area contributed by atoms with E-state index in [1.54, 1.807) is 37.2 Å². The molecule has 0 radical (unpaired) electrons. The van der Waals surface area contributed by atoms with Crippen molar-refractivity contribution in [1.29, 1.82) is 0 Å². The summed E-state index contributed by atoms with van der Waals surface area (Å²) >= 11 is 1.50. The molecule has 100 valence electrons. The van der Waals surface area contributed by atoms with Crippen molar-refractivity contribution in [3.05, 3.63) is 36.0 Å². The second kappa shape index (κ2) is 6.33. The van der Waals surface area contributed by atoms with Crippen LogP contribution in [0, 0.1) is 0 Å². The lowest BCUT2D eigenvalue weighted by Gasteiger charge is -2.05. The first kappa shape index (κ1) is 13.5. The van der Waals surface area contributed by atoms with Crippen molar-refractivity contribution in [2.75, 3.05) is 6.61 Å². The number of nitrogens with zero attached hydrogens (tertiary/aromatic N) is 4. The Kier molecular flexibility index (Phi) is 4.51. The van der Waals surface area contributed by atoms with Crippen LogP contribution in [0.25, 0.3) is 0 Å². The van der Waals surface area contributed by atoms with E-state index in [-0.39, 0.29) is 5.97 Å². The zero-order valence-electron chi connectivity index (χ0n) is 10.7. The van der Waals surface area contributed by atoms with Gasteiger partial charge in [-0.3, -0.25) is 9.67 Å². The van der Waals surface area contributed by atoms with E-state index in [4.69, 9.17) is 4.74 Å². The topological polar surface area (TPSA) is 69.9 Å². The van der Waals surface area contributed by atoms with E-state index < -0.39 is 0 Å². The van der Waals surface area contributed by atoms with Crippen LogP contribution < -0.4 is 0 Å². The molecule has 0 atom stereocenters. The predicted molar refractivity (Wildman–Crippen MR) is 70.8 cm³/mol. The zero-order chi connectivity index (χ0) is 13.7. The first-order chi connectivity index (χ1) is 9.22. The van der Waals surface area contributed by atoms with Gasteiger partial charge in [0.25, 0.3) is 0 Å². The Balaban J connectivity index is 2.11. The maximum absolute atomic E-state index is 11.8. The number of ether oxygens (including phenoxy) is 1. The lowest BCUT2D eigenvalue weighted by Crippen LogP contribution is -2.08. The van der Waals surface area contributed by atoms with E-state index >= 15 is 0 Å². The maximum Gasteiger partial charge on any atom is 0.341 e. The Bertz CT molecular complexity index is 556. The molecule has 0 N–H and O–H groups in total. The summed E-state index contributed by atoms with van der Waals surface area (Å²) in [7, 11) is 1.80. The maximum atomic E-state index is 11.8. The molecule has 0 aromatic carbocycles. The minimum Gasteiger partial charge on any atom is -0.462 e. The number of rotatable bonds is 5. The third-order valence-corrected chi connectivity index (χ3v) is 3.38. The summed E-state index contributed by atoms with van der Waals surface area (Å²) in [5, 5.41) is 4.90. The highest BCUT2D eigenvalue weighted by atomic mass is 32.2. The van der Waals surface area contributed by atoms with Gasteiger partial charge in [-0.05, 0) is 6.92 Å². The summed E-state index contributed by atoms with van der Waals surface area (Å²) in [5.41, 5.74) is 1.31. The Morgan fingerprint density at radius 3 is 2.95 bits per heavy atom. The van der Waals surface area contributed by atoms with Crippen LogP contribution in [0.15, 0.2) is 29.8 Å². The second-order valence-electron chi connectivity index (χ2n) is 3.68. The SMILES string of the molecule is CCOC(=O)c1cnn(C)c1CSc1cnccn1. The van der Waals surface area contributed by atoms with Gasteiger partial charge in [0, 0.05) is 25.2 Å². The Morgan fingerprint density at radius 2 is 2.26 bits per heavy atom. The van der Waals surface area contributed by atoms with E-state index in [9.17, 15) is 4.79 Å². The third kappa shape index (κ3) is 3.31. The lowest BCUT2D eigenvalue weighted by atomic mass is 10.3. The van der Waals surface area contributed by atoms with Crippen LogP contribution in [0.4, 0.5) is 0 Å². The third-order valence-electron chi connectivity index (χ3n) is 2.45. The summed E-state index contributed by atoms with van der Waals surface area (Å²) in [6.07, 6.45) is 6.48. The number of carbonyl (C=O) groups excluding carboxylic acids is 1. The molecule has 0 amide bonds.